The number of hydrogen-bond acceptors (Lipinski definition) is 4. The fourth-order valence-corrected chi connectivity index (χ4v) is 4.52. The van der Waals surface area contributed by atoms with Gasteiger partial charge in [0.2, 0.25) is 5.91 Å². The van der Waals surface area contributed by atoms with E-state index in [1.54, 1.807) is 14.2 Å². The van der Waals surface area contributed by atoms with E-state index < -0.39 is 0 Å². The summed E-state index contributed by atoms with van der Waals surface area (Å²) < 4.78 is 5.41. The Morgan fingerprint density at radius 2 is 1.84 bits per heavy atom. The minimum Gasteiger partial charge on any atom is -0.496 e. The van der Waals surface area contributed by atoms with Gasteiger partial charge in [-0.05, 0) is 43.4 Å². The summed E-state index contributed by atoms with van der Waals surface area (Å²) in [6.45, 7) is 8.32. The summed E-state index contributed by atoms with van der Waals surface area (Å²) in [7, 11) is 3.52. The Balaban J connectivity index is 1.31. The predicted octanol–water partition coefficient (Wildman–Crippen LogP) is 2.05. The molecule has 3 rings (SSSR count). The largest absolute Gasteiger partial charge is 0.496 e. The predicted molar refractivity (Wildman–Crippen MR) is 126 cm³/mol. The lowest BCUT2D eigenvalue weighted by molar-refractivity contribution is -0.137. The number of rotatable bonds is 8. The van der Waals surface area contributed by atoms with Gasteiger partial charge in [-0.3, -0.25) is 14.7 Å². The van der Waals surface area contributed by atoms with E-state index in [0.717, 1.165) is 82.3 Å². The number of carbonyl (C=O) groups is 1. The number of ether oxygens (including phenoxy) is 1. The third kappa shape index (κ3) is 6.86. The van der Waals surface area contributed by atoms with Crippen LogP contribution >= 0.6 is 0 Å². The van der Waals surface area contributed by atoms with Crippen LogP contribution in [0, 0.1) is 12.8 Å². The monoisotopic (exact) mass is 429 g/mol. The molecule has 31 heavy (non-hydrogen) atoms. The van der Waals surface area contributed by atoms with Crippen LogP contribution in [0.15, 0.2) is 23.2 Å². The summed E-state index contributed by atoms with van der Waals surface area (Å²) in [5.41, 5.74) is 2.40. The molecule has 1 aromatic rings. The molecular formula is C24H39N5O2. The first kappa shape index (κ1) is 23.4. The summed E-state index contributed by atoms with van der Waals surface area (Å²) in [5, 5.41) is 6.79. The fraction of sp³-hybridized carbons (Fsp3) is 0.667. The smallest absolute Gasteiger partial charge is 0.225 e. The minimum absolute atomic E-state index is 0.295. The number of nitrogens with zero attached hydrogens (tertiary/aromatic N) is 3. The summed E-state index contributed by atoms with van der Waals surface area (Å²) >= 11 is 0. The van der Waals surface area contributed by atoms with Crippen LogP contribution in [0.25, 0.3) is 0 Å². The zero-order chi connectivity index (χ0) is 22.1. The molecule has 2 aliphatic rings. The van der Waals surface area contributed by atoms with Crippen LogP contribution in [0.1, 0.15) is 36.8 Å². The van der Waals surface area contributed by atoms with Crippen molar-refractivity contribution in [2.75, 3.05) is 60.0 Å². The highest BCUT2D eigenvalue weighted by Crippen LogP contribution is 2.26. The molecule has 7 heteroatoms. The number of carbonyl (C=O) groups excluding carboxylic acids is 1. The van der Waals surface area contributed by atoms with E-state index in [1.165, 1.54) is 18.4 Å². The molecule has 2 fully saturated rings. The molecule has 0 atom stereocenters. The Hall–Kier alpha value is -2.28. The highest BCUT2D eigenvalue weighted by atomic mass is 16.5. The van der Waals surface area contributed by atoms with Crippen LogP contribution in [0.4, 0.5) is 0 Å². The van der Waals surface area contributed by atoms with Gasteiger partial charge in [0, 0.05) is 58.8 Å². The molecule has 1 saturated heterocycles. The number of aliphatic imine (C=N–C) groups is 1. The third-order valence-electron chi connectivity index (χ3n) is 6.51. The van der Waals surface area contributed by atoms with E-state index in [1.807, 2.05) is 0 Å². The molecule has 1 amide bonds. The van der Waals surface area contributed by atoms with E-state index in [2.05, 4.69) is 50.5 Å². The zero-order valence-electron chi connectivity index (χ0n) is 19.5. The van der Waals surface area contributed by atoms with Crippen molar-refractivity contribution in [1.82, 2.24) is 20.4 Å². The molecule has 1 saturated carbocycles. The average Bonchev–Trinajstić information content (AvgIpc) is 3.34. The topological polar surface area (TPSA) is 69.2 Å². The minimum atomic E-state index is 0.295. The summed E-state index contributed by atoms with van der Waals surface area (Å²) in [4.78, 5) is 21.4. The lowest BCUT2D eigenvalue weighted by Gasteiger charge is -2.36. The Bertz CT molecular complexity index is 737. The Morgan fingerprint density at radius 3 is 2.52 bits per heavy atom. The molecule has 0 radical (unpaired) electrons. The van der Waals surface area contributed by atoms with Crippen molar-refractivity contribution in [2.24, 2.45) is 10.9 Å². The Labute approximate surface area is 187 Å². The summed E-state index contributed by atoms with van der Waals surface area (Å²) in [5.74, 6) is 2.45. The maximum Gasteiger partial charge on any atom is 0.225 e. The van der Waals surface area contributed by atoms with Crippen LogP contribution in [0.2, 0.25) is 0 Å². The van der Waals surface area contributed by atoms with Crippen molar-refractivity contribution < 1.29 is 9.53 Å². The van der Waals surface area contributed by atoms with Crippen molar-refractivity contribution in [2.45, 2.75) is 39.0 Å². The SMILES string of the molecule is CN=C(NCCc1ccc(C)c(OC)c1)NCCN1CCN(C(=O)C2CCCC2)CC1. The Morgan fingerprint density at radius 1 is 1.13 bits per heavy atom. The number of methoxy groups -OCH3 is 1. The quantitative estimate of drug-likeness (QED) is 0.489. The van der Waals surface area contributed by atoms with Crippen LogP contribution < -0.4 is 15.4 Å². The first-order valence-corrected chi connectivity index (χ1v) is 11.7. The third-order valence-corrected chi connectivity index (χ3v) is 6.51. The van der Waals surface area contributed by atoms with E-state index in [0.29, 0.717) is 11.8 Å². The van der Waals surface area contributed by atoms with Gasteiger partial charge < -0.3 is 20.3 Å². The maximum atomic E-state index is 12.6. The highest BCUT2D eigenvalue weighted by molar-refractivity contribution is 5.79. The molecule has 7 nitrogen and oxygen atoms in total. The lowest BCUT2D eigenvalue weighted by Crippen LogP contribution is -2.52. The van der Waals surface area contributed by atoms with E-state index in [4.69, 9.17) is 4.74 Å². The molecule has 1 aliphatic carbocycles. The first-order chi connectivity index (χ1) is 15.1. The standard InChI is InChI=1S/C24H39N5O2/c1-19-8-9-20(18-22(19)31-3)10-11-26-24(25-2)27-12-13-28-14-16-29(17-15-28)23(30)21-6-4-5-7-21/h8-9,18,21H,4-7,10-17H2,1-3H3,(H2,25,26,27). The molecule has 1 aliphatic heterocycles. The van der Waals surface area contributed by atoms with Gasteiger partial charge in [0.25, 0.3) is 0 Å². The molecule has 172 valence electrons. The lowest BCUT2D eigenvalue weighted by atomic mass is 10.1. The molecule has 0 unspecified atom stereocenters. The van der Waals surface area contributed by atoms with Gasteiger partial charge in [0.1, 0.15) is 5.75 Å². The van der Waals surface area contributed by atoms with E-state index in [-0.39, 0.29) is 0 Å². The fourth-order valence-electron chi connectivity index (χ4n) is 4.52. The normalized spacial score (nSPS) is 18.3. The van der Waals surface area contributed by atoms with E-state index in [9.17, 15) is 4.79 Å². The highest BCUT2D eigenvalue weighted by Gasteiger charge is 2.29. The van der Waals surface area contributed by atoms with Gasteiger partial charge in [0.05, 0.1) is 7.11 Å². The number of nitrogens with one attached hydrogen (secondary N) is 2. The summed E-state index contributed by atoms with van der Waals surface area (Å²) in [6, 6.07) is 6.35. The van der Waals surface area contributed by atoms with Crippen LogP contribution in [0.5, 0.6) is 5.75 Å². The Kier molecular flexibility index (Phi) is 9.00. The van der Waals surface area contributed by atoms with Crippen molar-refractivity contribution in [3.63, 3.8) is 0 Å². The zero-order valence-corrected chi connectivity index (χ0v) is 19.5. The second-order valence-electron chi connectivity index (χ2n) is 8.63. The molecule has 0 spiro atoms. The van der Waals surface area contributed by atoms with Gasteiger partial charge in [-0.15, -0.1) is 0 Å². The van der Waals surface area contributed by atoms with Gasteiger partial charge in [-0.1, -0.05) is 25.0 Å². The van der Waals surface area contributed by atoms with Crippen molar-refractivity contribution in [3.05, 3.63) is 29.3 Å². The second-order valence-corrected chi connectivity index (χ2v) is 8.63. The molecule has 2 N–H and O–H groups in total. The van der Waals surface area contributed by atoms with Gasteiger partial charge in [-0.2, -0.15) is 0 Å². The van der Waals surface area contributed by atoms with Gasteiger partial charge >= 0.3 is 0 Å². The molecule has 1 heterocycles. The number of benzene rings is 1. The van der Waals surface area contributed by atoms with Crippen molar-refractivity contribution >= 4 is 11.9 Å². The maximum absolute atomic E-state index is 12.6. The second kappa shape index (κ2) is 11.9. The number of piperazine rings is 1. The van der Waals surface area contributed by atoms with Crippen molar-refractivity contribution in [3.8, 4) is 5.75 Å². The van der Waals surface area contributed by atoms with Gasteiger partial charge in [-0.25, -0.2) is 0 Å². The van der Waals surface area contributed by atoms with Crippen LogP contribution in [0.3, 0.4) is 0 Å². The molecule has 0 aromatic heterocycles. The van der Waals surface area contributed by atoms with Gasteiger partial charge in [0.15, 0.2) is 5.96 Å². The number of amides is 1. The summed E-state index contributed by atoms with van der Waals surface area (Å²) in [6.07, 6.45) is 5.53. The average molecular weight is 430 g/mol. The number of hydrogen-bond donors (Lipinski definition) is 2. The van der Waals surface area contributed by atoms with Crippen molar-refractivity contribution in [1.29, 1.82) is 0 Å². The first-order valence-electron chi connectivity index (χ1n) is 11.7. The number of guanidine groups is 1. The molecular weight excluding hydrogens is 390 g/mol. The van der Waals surface area contributed by atoms with Crippen LogP contribution in [-0.2, 0) is 11.2 Å². The van der Waals surface area contributed by atoms with E-state index >= 15 is 0 Å². The number of aryl methyl sites for hydroxylation is 1. The molecule has 0 bridgehead atoms. The van der Waals surface area contributed by atoms with Crippen LogP contribution in [-0.4, -0.2) is 81.6 Å². The molecule has 1 aromatic carbocycles.